The zero-order chi connectivity index (χ0) is 21.7. The van der Waals surface area contributed by atoms with Crippen molar-refractivity contribution in [1.82, 2.24) is 19.5 Å². The number of aromatic nitrogens is 3. The number of rotatable bonds is 3. The summed E-state index contributed by atoms with van der Waals surface area (Å²) in [7, 11) is 0. The van der Waals surface area contributed by atoms with E-state index < -0.39 is 5.82 Å². The monoisotopic (exact) mass is 442 g/mol. The fraction of sp³-hybridized carbons (Fsp3) is 0.435. The third-order valence-electron chi connectivity index (χ3n) is 6.26. The second-order valence-corrected chi connectivity index (χ2v) is 8.81. The van der Waals surface area contributed by atoms with Gasteiger partial charge in [-0.3, -0.25) is 4.79 Å². The van der Waals surface area contributed by atoms with Crippen molar-refractivity contribution in [1.29, 1.82) is 0 Å². The number of amides is 1. The van der Waals surface area contributed by atoms with Crippen LogP contribution >= 0.6 is 11.6 Å². The van der Waals surface area contributed by atoms with E-state index in [9.17, 15) is 9.18 Å². The van der Waals surface area contributed by atoms with Gasteiger partial charge in [0.15, 0.2) is 5.65 Å². The van der Waals surface area contributed by atoms with Crippen LogP contribution in [0.5, 0.6) is 5.75 Å². The first kappa shape index (κ1) is 20.2. The standard InChI is InChI=1S/C23H24ClFN4O2/c1-13-21(24)14(2)29-22(26-13)18-11-28(12-19(18)27-29)23(30)17-9-8-15(25)10-20(17)31-16-6-4-3-5-7-16/h8-10,16H,3-7,11-12H2,1-2H3. The van der Waals surface area contributed by atoms with E-state index in [1.165, 1.54) is 24.6 Å². The Morgan fingerprint density at radius 2 is 1.97 bits per heavy atom. The molecule has 0 N–H and O–H groups in total. The molecule has 6 nitrogen and oxygen atoms in total. The van der Waals surface area contributed by atoms with Crippen LogP contribution in [0.3, 0.4) is 0 Å². The Labute approximate surface area is 185 Å². The van der Waals surface area contributed by atoms with Crippen molar-refractivity contribution in [3.63, 3.8) is 0 Å². The lowest BCUT2D eigenvalue weighted by atomic mass is 9.97. The van der Waals surface area contributed by atoms with E-state index in [2.05, 4.69) is 10.1 Å². The van der Waals surface area contributed by atoms with Gasteiger partial charge in [0.2, 0.25) is 0 Å². The number of nitrogens with zero attached hydrogens (tertiary/aromatic N) is 4. The summed E-state index contributed by atoms with van der Waals surface area (Å²) in [6, 6.07) is 4.15. The van der Waals surface area contributed by atoms with E-state index in [0.29, 0.717) is 29.4 Å². The van der Waals surface area contributed by atoms with Crippen LogP contribution in [0.4, 0.5) is 4.39 Å². The maximum Gasteiger partial charge on any atom is 0.258 e. The summed E-state index contributed by atoms with van der Waals surface area (Å²) in [4.78, 5) is 19.7. The third kappa shape index (κ3) is 3.55. The molecule has 2 aromatic heterocycles. The molecule has 0 spiro atoms. The summed E-state index contributed by atoms with van der Waals surface area (Å²) in [5, 5.41) is 5.23. The Bertz CT molecular complexity index is 1190. The number of fused-ring (bicyclic) bond motifs is 3. The summed E-state index contributed by atoms with van der Waals surface area (Å²) in [5.74, 6) is -0.270. The van der Waals surface area contributed by atoms with Gasteiger partial charge in [-0.1, -0.05) is 18.0 Å². The van der Waals surface area contributed by atoms with Crippen LogP contribution in [-0.4, -0.2) is 31.5 Å². The molecule has 1 fully saturated rings. The second kappa shape index (κ2) is 7.79. The van der Waals surface area contributed by atoms with E-state index in [1.807, 2.05) is 13.8 Å². The largest absolute Gasteiger partial charge is 0.489 e. The Kier molecular flexibility index (Phi) is 5.08. The minimum Gasteiger partial charge on any atom is -0.489 e. The molecule has 2 aliphatic rings. The number of hydrogen-bond acceptors (Lipinski definition) is 4. The van der Waals surface area contributed by atoms with Crippen molar-refractivity contribution in [3.05, 3.63) is 57.2 Å². The quantitative estimate of drug-likeness (QED) is 0.572. The predicted molar refractivity (Wildman–Crippen MR) is 115 cm³/mol. The lowest BCUT2D eigenvalue weighted by molar-refractivity contribution is 0.0738. The van der Waals surface area contributed by atoms with Crippen LogP contribution in [-0.2, 0) is 13.1 Å². The summed E-state index contributed by atoms with van der Waals surface area (Å²) < 4.78 is 21.8. The Hall–Kier alpha value is -2.67. The van der Waals surface area contributed by atoms with Crippen molar-refractivity contribution in [2.24, 2.45) is 0 Å². The predicted octanol–water partition coefficient (Wildman–Crippen LogP) is 5.01. The van der Waals surface area contributed by atoms with Crippen molar-refractivity contribution in [2.45, 2.75) is 65.1 Å². The molecule has 1 aromatic carbocycles. The van der Waals surface area contributed by atoms with Gasteiger partial charge in [-0.2, -0.15) is 5.10 Å². The first-order valence-electron chi connectivity index (χ1n) is 10.7. The third-order valence-corrected chi connectivity index (χ3v) is 6.81. The number of ether oxygens (including phenoxy) is 1. The smallest absolute Gasteiger partial charge is 0.258 e. The Morgan fingerprint density at radius 1 is 1.19 bits per heavy atom. The molecule has 1 aliphatic carbocycles. The van der Waals surface area contributed by atoms with E-state index in [0.717, 1.165) is 54.0 Å². The molecular formula is C23H24ClFN4O2. The highest BCUT2D eigenvalue weighted by Gasteiger charge is 2.32. The molecule has 1 aliphatic heterocycles. The number of benzene rings is 1. The van der Waals surface area contributed by atoms with E-state index in [1.54, 1.807) is 9.42 Å². The lowest BCUT2D eigenvalue weighted by Gasteiger charge is -2.25. The molecule has 1 saturated carbocycles. The molecule has 31 heavy (non-hydrogen) atoms. The minimum absolute atomic E-state index is 0.0296. The molecule has 1 amide bonds. The maximum absolute atomic E-state index is 14.0. The molecule has 5 rings (SSSR count). The van der Waals surface area contributed by atoms with Crippen molar-refractivity contribution in [2.75, 3.05) is 0 Å². The van der Waals surface area contributed by atoms with Gasteiger partial charge in [-0.25, -0.2) is 13.9 Å². The zero-order valence-electron chi connectivity index (χ0n) is 17.6. The summed E-state index contributed by atoms with van der Waals surface area (Å²) >= 11 is 6.32. The van der Waals surface area contributed by atoms with Crippen molar-refractivity contribution in [3.8, 4) is 5.75 Å². The number of carbonyl (C=O) groups is 1. The molecule has 8 heteroatoms. The Balaban J connectivity index is 1.43. The Morgan fingerprint density at radius 3 is 2.74 bits per heavy atom. The second-order valence-electron chi connectivity index (χ2n) is 8.44. The topological polar surface area (TPSA) is 59.7 Å². The molecule has 3 heterocycles. The highest BCUT2D eigenvalue weighted by Crippen LogP contribution is 2.32. The normalized spacial score (nSPS) is 16.7. The molecule has 0 bridgehead atoms. The SMILES string of the molecule is Cc1nc2c3c(nn2c(C)c1Cl)CN(C(=O)c1ccc(F)cc1OC1CCCCC1)C3. The van der Waals surface area contributed by atoms with E-state index in [-0.39, 0.29) is 12.0 Å². The van der Waals surface area contributed by atoms with Gasteiger partial charge in [0, 0.05) is 11.6 Å². The van der Waals surface area contributed by atoms with Crippen LogP contribution in [0, 0.1) is 19.7 Å². The van der Waals surface area contributed by atoms with Crippen molar-refractivity contribution < 1.29 is 13.9 Å². The summed E-state index contributed by atoms with van der Waals surface area (Å²) in [6.45, 7) is 4.53. The number of hydrogen-bond donors (Lipinski definition) is 0. The van der Waals surface area contributed by atoms with Crippen LogP contribution in [0.15, 0.2) is 18.2 Å². The summed E-state index contributed by atoms with van der Waals surface area (Å²) in [5.41, 5.74) is 4.41. The number of halogens is 2. The van der Waals surface area contributed by atoms with Gasteiger partial charge in [-0.15, -0.1) is 0 Å². The van der Waals surface area contributed by atoms with Gasteiger partial charge >= 0.3 is 0 Å². The fourth-order valence-electron chi connectivity index (χ4n) is 4.56. The van der Waals surface area contributed by atoms with Crippen LogP contribution in [0.1, 0.15) is 65.1 Å². The van der Waals surface area contributed by atoms with Gasteiger partial charge in [0.25, 0.3) is 5.91 Å². The van der Waals surface area contributed by atoms with Gasteiger partial charge in [0.1, 0.15) is 11.6 Å². The van der Waals surface area contributed by atoms with Gasteiger partial charge in [-0.05, 0) is 51.7 Å². The summed E-state index contributed by atoms with van der Waals surface area (Å²) in [6.07, 6.45) is 5.29. The highest BCUT2D eigenvalue weighted by molar-refractivity contribution is 6.31. The average molecular weight is 443 g/mol. The average Bonchev–Trinajstić information content (AvgIpc) is 3.32. The lowest BCUT2D eigenvalue weighted by Crippen LogP contribution is -2.28. The number of aryl methyl sites for hydroxylation is 2. The molecular weight excluding hydrogens is 419 g/mol. The minimum atomic E-state index is -0.406. The first-order valence-corrected chi connectivity index (χ1v) is 11.1. The van der Waals surface area contributed by atoms with Gasteiger partial charge < -0.3 is 9.64 Å². The number of carbonyl (C=O) groups excluding carboxylic acids is 1. The fourth-order valence-corrected chi connectivity index (χ4v) is 4.68. The molecule has 162 valence electrons. The highest BCUT2D eigenvalue weighted by atomic mass is 35.5. The zero-order valence-corrected chi connectivity index (χ0v) is 18.4. The van der Waals surface area contributed by atoms with Crippen LogP contribution < -0.4 is 4.74 Å². The van der Waals surface area contributed by atoms with Crippen LogP contribution in [0.2, 0.25) is 5.02 Å². The molecule has 0 saturated heterocycles. The molecule has 3 aromatic rings. The van der Waals surface area contributed by atoms with Crippen molar-refractivity contribution >= 4 is 23.2 Å². The first-order chi connectivity index (χ1) is 14.9. The molecule has 0 radical (unpaired) electrons. The van der Waals surface area contributed by atoms with E-state index >= 15 is 0 Å². The molecule has 0 atom stereocenters. The van der Waals surface area contributed by atoms with E-state index in [4.69, 9.17) is 16.3 Å². The van der Waals surface area contributed by atoms with Gasteiger partial charge in [0.05, 0.1) is 46.9 Å². The maximum atomic E-state index is 14.0. The van der Waals surface area contributed by atoms with Crippen LogP contribution in [0.25, 0.3) is 5.65 Å². The molecule has 0 unspecified atom stereocenters.